The normalized spacial score (nSPS) is 12.2. The van der Waals surface area contributed by atoms with E-state index in [1.165, 1.54) is 0 Å². The monoisotopic (exact) mass is 229 g/mol. The zero-order chi connectivity index (χ0) is 11.3. The Kier molecular flexibility index (Phi) is 4.41. The van der Waals surface area contributed by atoms with Crippen molar-refractivity contribution in [2.24, 2.45) is 0 Å². The summed E-state index contributed by atoms with van der Waals surface area (Å²) in [6.45, 7) is 5.31. The van der Waals surface area contributed by atoms with Crippen molar-refractivity contribution >= 4 is 22.7 Å². The predicted molar refractivity (Wildman–Crippen MR) is 60.5 cm³/mol. The Hall–Kier alpha value is -1.24. The van der Waals surface area contributed by atoms with Crippen LogP contribution in [-0.4, -0.2) is 38.5 Å². The van der Waals surface area contributed by atoms with Gasteiger partial charge < -0.3 is 10.6 Å². The van der Waals surface area contributed by atoms with Gasteiger partial charge >= 0.3 is 0 Å². The van der Waals surface area contributed by atoms with Gasteiger partial charge in [-0.25, -0.2) is 0 Å². The molecule has 0 amide bonds. The van der Waals surface area contributed by atoms with Gasteiger partial charge in [0.15, 0.2) is 0 Å². The number of hydrogen-bond donors (Lipinski definition) is 2. The van der Waals surface area contributed by atoms with E-state index < -0.39 is 10.8 Å². The molecule has 1 atom stereocenters. The van der Waals surface area contributed by atoms with Gasteiger partial charge in [0.25, 0.3) is 0 Å². The molecule has 15 heavy (non-hydrogen) atoms. The number of aromatic nitrogens is 3. The van der Waals surface area contributed by atoms with Crippen molar-refractivity contribution in [2.75, 3.05) is 30.0 Å². The van der Waals surface area contributed by atoms with Gasteiger partial charge in [-0.05, 0) is 13.8 Å². The van der Waals surface area contributed by atoms with Gasteiger partial charge in [0.1, 0.15) is 0 Å². The van der Waals surface area contributed by atoms with Gasteiger partial charge in [0.05, 0.1) is 10.8 Å². The van der Waals surface area contributed by atoms with Crippen molar-refractivity contribution in [2.45, 2.75) is 19.0 Å². The molecule has 1 aromatic rings. The summed E-state index contributed by atoms with van der Waals surface area (Å²) in [5.74, 6) is 0.905. The smallest absolute Gasteiger partial charge is 0.228 e. The minimum absolute atomic E-state index is 0.289. The predicted octanol–water partition coefficient (Wildman–Crippen LogP) is 0.473. The minimum Gasteiger partial charge on any atom is -0.354 e. The van der Waals surface area contributed by atoms with E-state index in [2.05, 4.69) is 25.6 Å². The molecule has 0 spiro atoms. The summed E-state index contributed by atoms with van der Waals surface area (Å²) in [6.07, 6.45) is 1.54. The summed E-state index contributed by atoms with van der Waals surface area (Å²) in [5, 5.41) is 6.22. The topological polar surface area (TPSA) is 79.8 Å². The van der Waals surface area contributed by atoms with Crippen molar-refractivity contribution in [3.63, 3.8) is 0 Å². The molecule has 1 heterocycles. The number of rotatable bonds is 5. The Morgan fingerprint density at radius 1 is 1.07 bits per heavy atom. The first-order chi connectivity index (χ1) is 7.17. The number of nitrogens with one attached hydrogen (secondary N) is 2. The third kappa shape index (κ3) is 3.43. The van der Waals surface area contributed by atoms with E-state index in [-0.39, 0.29) is 5.16 Å². The fourth-order valence-electron chi connectivity index (χ4n) is 0.959. The second-order valence-corrected chi connectivity index (χ2v) is 4.05. The zero-order valence-electron chi connectivity index (χ0n) is 9.07. The quantitative estimate of drug-likeness (QED) is 0.764. The fraction of sp³-hybridized carbons (Fsp3) is 0.625. The van der Waals surface area contributed by atoms with E-state index in [0.29, 0.717) is 25.0 Å². The highest BCUT2D eigenvalue weighted by atomic mass is 32.2. The van der Waals surface area contributed by atoms with Crippen molar-refractivity contribution in [3.8, 4) is 0 Å². The van der Waals surface area contributed by atoms with Gasteiger partial charge in [-0.15, -0.1) is 0 Å². The lowest BCUT2D eigenvalue weighted by molar-refractivity contribution is 0.678. The summed E-state index contributed by atoms with van der Waals surface area (Å²) in [5.41, 5.74) is 0. The Labute approximate surface area is 91.4 Å². The fourth-order valence-corrected chi connectivity index (χ4v) is 1.39. The molecule has 0 aliphatic rings. The zero-order valence-corrected chi connectivity index (χ0v) is 9.89. The largest absolute Gasteiger partial charge is 0.354 e. The van der Waals surface area contributed by atoms with Crippen LogP contribution in [0.5, 0.6) is 0 Å². The van der Waals surface area contributed by atoms with Crippen LogP contribution >= 0.6 is 0 Å². The Balaban J connectivity index is 3.02. The first-order valence-electron chi connectivity index (χ1n) is 4.74. The lowest BCUT2D eigenvalue weighted by Crippen LogP contribution is -2.11. The van der Waals surface area contributed by atoms with E-state index in [1.807, 2.05) is 13.8 Å². The van der Waals surface area contributed by atoms with E-state index in [9.17, 15) is 4.21 Å². The molecule has 6 nitrogen and oxygen atoms in total. The van der Waals surface area contributed by atoms with Crippen molar-refractivity contribution < 1.29 is 4.21 Å². The van der Waals surface area contributed by atoms with Crippen LogP contribution in [0, 0.1) is 0 Å². The SMILES string of the molecule is CCNc1nc(NCC)nc(S(C)=O)n1. The third-order valence-corrected chi connectivity index (χ3v) is 2.24. The second-order valence-electron chi connectivity index (χ2n) is 2.78. The van der Waals surface area contributed by atoms with Gasteiger partial charge in [0, 0.05) is 19.3 Å². The molecule has 0 aliphatic heterocycles. The van der Waals surface area contributed by atoms with E-state index in [4.69, 9.17) is 0 Å². The maximum Gasteiger partial charge on any atom is 0.228 e. The summed E-state index contributed by atoms with van der Waals surface area (Å²) >= 11 is 0. The van der Waals surface area contributed by atoms with Crippen LogP contribution in [0.25, 0.3) is 0 Å². The lowest BCUT2D eigenvalue weighted by atomic mass is 10.7. The highest BCUT2D eigenvalue weighted by Crippen LogP contribution is 2.07. The third-order valence-electron chi connectivity index (χ3n) is 1.54. The lowest BCUT2D eigenvalue weighted by Gasteiger charge is -2.06. The maximum absolute atomic E-state index is 11.3. The van der Waals surface area contributed by atoms with Gasteiger partial charge in [-0.2, -0.15) is 15.0 Å². The first-order valence-corrected chi connectivity index (χ1v) is 6.30. The molecular formula is C8H15N5OS. The first kappa shape index (κ1) is 11.8. The molecule has 0 aliphatic carbocycles. The van der Waals surface area contributed by atoms with Crippen molar-refractivity contribution in [1.29, 1.82) is 0 Å². The van der Waals surface area contributed by atoms with Crippen LogP contribution in [0.1, 0.15) is 13.8 Å². The molecule has 2 N–H and O–H groups in total. The van der Waals surface area contributed by atoms with Gasteiger partial charge in [0.2, 0.25) is 17.1 Å². The Morgan fingerprint density at radius 3 is 1.87 bits per heavy atom. The summed E-state index contributed by atoms with van der Waals surface area (Å²) in [4.78, 5) is 12.2. The van der Waals surface area contributed by atoms with Crippen LogP contribution in [0.15, 0.2) is 5.16 Å². The molecule has 1 rings (SSSR count). The summed E-state index contributed by atoms with van der Waals surface area (Å²) in [6, 6.07) is 0. The van der Waals surface area contributed by atoms with Crippen LogP contribution in [-0.2, 0) is 10.8 Å². The molecule has 0 fully saturated rings. The Morgan fingerprint density at radius 2 is 1.53 bits per heavy atom. The average Bonchev–Trinajstić information content (AvgIpc) is 2.18. The Bertz CT molecular complexity index is 333. The van der Waals surface area contributed by atoms with Crippen LogP contribution < -0.4 is 10.6 Å². The molecule has 0 radical (unpaired) electrons. The highest BCUT2D eigenvalue weighted by molar-refractivity contribution is 7.84. The minimum atomic E-state index is -1.20. The van der Waals surface area contributed by atoms with Gasteiger partial charge in [-0.1, -0.05) is 0 Å². The number of anilines is 2. The number of hydrogen-bond acceptors (Lipinski definition) is 6. The molecule has 1 unspecified atom stereocenters. The van der Waals surface area contributed by atoms with Crippen molar-refractivity contribution in [1.82, 2.24) is 15.0 Å². The molecule has 1 aromatic heterocycles. The molecule has 0 saturated carbocycles. The van der Waals surface area contributed by atoms with Gasteiger partial charge in [-0.3, -0.25) is 4.21 Å². The molecule has 84 valence electrons. The van der Waals surface area contributed by atoms with Crippen molar-refractivity contribution in [3.05, 3.63) is 0 Å². The van der Waals surface area contributed by atoms with Crippen LogP contribution in [0.2, 0.25) is 0 Å². The second kappa shape index (κ2) is 5.59. The number of nitrogens with zero attached hydrogens (tertiary/aromatic N) is 3. The maximum atomic E-state index is 11.3. The van der Waals surface area contributed by atoms with Crippen LogP contribution in [0.3, 0.4) is 0 Å². The molecule has 7 heteroatoms. The standard InChI is InChI=1S/C8H15N5OS/c1-4-9-6-11-7(10-5-2)13-8(12-6)15(3)14/h4-5H2,1-3H3,(H2,9,10,11,12,13). The highest BCUT2D eigenvalue weighted by Gasteiger charge is 2.07. The molecule has 0 saturated heterocycles. The summed E-state index contributed by atoms with van der Waals surface area (Å²) in [7, 11) is -1.20. The van der Waals surface area contributed by atoms with E-state index in [1.54, 1.807) is 6.26 Å². The van der Waals surface area contributed by atoms with E-state index >= 15 is 0 Å². The average molecular weight is 229 g/mol. The van der Waals surface area contributed by atoms with Crippen LogP contribution in [0.4, 0.5) is 11.9 Å². The summed E-state index contributed by atoms with van der Waals surface area (Å²) < 4.78 is 11.3. The molecule has 0 bridgehead atoms. The molecular weight excluding hydrogens is 214 g/mol. The van der Waals surface area contributed by atoms with E-state index in [0.717, 1.165) is 0 Å². The molecule has 0 aromatic carbocycles.